The van der Waals surface area contributed by atoms with Crippen molar-refractivity contribution in [1.29, 1.82) is 0 Å². The molecule has 3 rings (SSSR count). The highest BCUT2D eigenvalue weighted by atomic mass is 79.9. The fourth-order valence-corrected chi connectivity index (χ4v) is 3.47. The van der Waals surface area contributed by atoms with Gasteiger partial charge in [-0.2, -0.15) is 0 Å². The van der Waals surface area contributed by atoms with Crippen LogP contribution in [-0.4, -0.2) is 4.92 Å². The van der Waals surface area contributed by atoms with Gasteiger partial charge in [0, 0.05) is 16.2 Å². The van der Waals surface area contributed by atoms with E-state index >= 15 is 0 Å². The van der Waals surface area contributed by atoms with Gasteiger partial charge in [0.25, 0.3) is 5.69 Å². The van der Waals surface area contributed by atoms with Crippen LogP contribution in [0.3, 0.4) is 0 Å². The van der Waals surface area contributed by atoms with Gasteiger partial charge < -0.3 is 5.32 Å². The Morgan fingerprint density at radius 2 is 2.14 bits per heavy atom. The summed E-state index contributed by atoms with van der Waals surface area (Å²) >= 11 is 9.40. The van der Waals surface area contributed by atoms with Crippen molar-refractivity contribution >= 4 is 38.9 Å². The molecule has 0 aliphatic heterocycles. The van der Waals surface area contributed by atoms with Gasteiger partial charge in [-0.25, -0.2) is 0 Å². The van der Waals surface area contributed by atoms with E-state index in [4.69, 9.17) is 11.6 Å². The molecule has 0 spiro atoms. The van der Waals surface area contributed by atoms with E-state index in [2.05, 4.69) is 27.3 Å². The molecule has 0 bridgehead atoms. The topological polar surface area (TPSA) is 55.2 Å². The van der Waals surface area contributed by atoms with E-state index in [-0.39, 0.29) is 16.8 Å². The van der Waals surface area contributed by atoms with Gasteiger partial charge in [0.15, 0.2) is 0 Å². The third-order valence-electron chi connectivity index (χ3n) is 3.70. The predicted molar refractivity (Wildman–Crippen MR) is 86.9 cm³/mol. The number of nitro benzene ring substituents is 1. The highest BCUT2D eigenvalue weighted by Gasteiger charge is 2.24. The van der Waals surface area contributed by atoms with Crippen molar-refractivity contribution in [3.8, 4) is 0 Å². The molecular weight excluding hydrogens is 356 g/mol. The van der Waals surface area contributed by atoms with Gasteiger partial charge >= 0.3 is 0 Å². The summed E-state index contributed by atoms with van der Waals surface area (Å²) in [6, 6.07) is 11.1. The maximum atomic E-state index is 10.9. The summed E-state index contributed by atoms with van der Waals surface area (Å²) in [7, 11) is 0. The Morgan fingerprint density at radius 1 is 1.33 bits per heavy atom. The number of benzene rings is 2. The van der Waals surface area contributed by atoms with Crippen LogP contribution in [0, 0.1) is 10.1 Å². The molecular formula is C15H12BrClN2O2. The van der Waals surface area contributed by atoms with Crippen molar-refractivity contribution in [2.75, 3.05) is 5.32 Å². The highest BCUT2D eigenvalue weighted by Crippen LogP contribution is 2.38. The van der Waals surface area contributed by atoms with Crippen molar-refractivity contribution in [2.24, 2.45) is 0 Å². The minimum atomic E-state index is -0.466. The molecule has 0 fully saturated rings. The minimum Gasteiger partial charge on any atom is -0.378 e. The lowest BCUT2D eigenvalue weighted by molar-refractivity contribution is -0.384. The van der Waals surface area contributed by atoms with Gasteiger partial charge in [-0.05, 0) is 42.2 Å². The maximum Gasteiger partial charge on any atom is 0.289 e. The number of nitrogens with one attached hydrogen (secondary N) is 1. The summed E-state index contributed by atoms with van der Waals surface area (Å²) < 4.78 is 1.12. The summed E-state index contributed by atoms with van der Waals surface area (Å²) in [6.45, 7) is 0. The number of nitro groups is 1. The first-order valence-electron chi connectivity index (χ1n) is 6.54. The molecule has 0 saturated carbocycles. The SMILES string of the molecule is O=[N+]([O-])c1cc(NC2CCc3c(Br)cccc32)ccc1Cl. The van der Waals surface area contributed by atoms with Crippen molar-refractivity contribution in [1.82, 2.24) is 0 Å². The standard InChI is InChI=1S/C15H12BrClN2O2/c16-12-3-1-2-11-10(12)5-7-14(11)18-9-4-6-13(17)15(8-9)19(20)21/h1-4,6,8,14,18H,5,7H2. The Morgan fingerprint density at radius 3 is 2.90 bits per heavy atom. The van der Waals surface area contributed by atoms with E-state index in [0.717, 1.165) is 17.3 Å². The van der Waals surface area contributed by atoms with Crippen LogP contribution < -0.4 is 5.32 Å². The van der Waals surface area contributed by atoms with Gasteiger partial charge in [-0.3, -0.25) is 10.1 Å². The second kappa shape index (κ2) is 5.66. The van der Waals surface area contributed by atoms with Crippen LogP contribution >= 0.6 is 27.5 Å². The van der Waals surface area contributed by atoms with Gasteiger partial charge in [0.1, 0.15) is 5.02 Å². The van der Waals surface area contributed by atoms with Crippen molar-refractivity contribution in [2.45, 2.75) is 18.9 Å². The molecule has 0 heterocycles. The molecule has 1 aliphatic carbocycles. The monoisotopic (exact) mass is 366 g/mol. The molecule has 21 heavy (non-hydrogen) atoms. The quantitative estimate of drug-likeness (QED) is 0.606. The molecule has 0 radical (unpaired) electrons. The molecule has 0 aromatic heterocycles. The summed E-state index contributed by atoms with van der Waals surface area (Å²) in [6.07, 6.45) is 1.96. The molecule has 2 aromatic rings. The molecule has 0 amide bonds. The largest absolute Gasteiger partial charge is 0.378 e. The number of hydrogen-bond donors (Lipinski definition) is 1. The molecule has 6 heteroatoms. The van der Waals surface area contributed by atoms with Crippen molar-refractivity contribution < 1.29 is 4.92 Å². The maximum absolute atomic E-state index is 10.9. The number of fused-ring (bicyclic) bond motifs is 1. The Kier molecular flexibility index (Phi) is 3.87. The van der Waals surface area contributed by atoms with E-state index in [1.165, 1.54) is 17.2 Å². The van der Waals surface area contributed by atoms with Crippen LogP contribution in [0.25, 0.3) is 0 Å². The Labute approximate surface area is 135 Å². The van der Waals surface area contributed by atoms with E-state index in [9.17, 15) is 10.1 Å². The average molecular weight is 368 g/mol. The fraction of sp³-hybridized carbons (Fsp3) is 0.200. The first-order valence-corrected chi connectivity index (χ1v) is 7.71. The molecule has 0 saturated heterocycles. The van der Waals surface area contributed by atoms with Crippen LogP contribution in [0.2, 0.25) is 5.02 Å². The van der Waals surface area contributed by atoms with Gasteiger partial charge in [0.05, 0.1) is 11.0 Å². The first kappa shape index (κ1) is 14.4. The van der Waals surface area contributed by atoms with Crippen LogP contribution in [0.4, 0.5) is 11.4 Å². The highest BCUT2D eigenvalue weighted by molar-refractivity contribution is 9.10. The van der Waals surface area contributed by atoms with E-state index < -0.39 is 4.92 Å². The van der Waals surface area contributed by atoms with Crippen molar-refractivity contribution in [3.05, 3.63) is 67.1 Å². The molecule has 2 aromatic carbocycles. The second-order valence-electron chi connectivity index (χ2n) is 4.97. The zero-order valence-electron chi connectivity index (χ0n) is 11.0. The lowest BCUT2D eigenvalue weighted by atomic mass is 10.1. The zero-order chi connectivity index (χ0) is 15.0. The minimum absolute atomic E-state index is 0.0749. The zero-order valence-corrected chi connectivity index (χ0v) is 13.3. The molecule has 1 aliphatic rings. The van der Waals surface area contributed by atoms with Crippen LogP contribution in [-0.2, 0) is 6.42 Å². The second-order valence-corrected chi connectivity index (χ2v) is 6.23. The van der Waals surface area contributed by atoms with E-state index in [1.807, 2.05) is 12.1 Å². The van der Waals surface area contributed by atoms with Gasteiger partial charge in [0.2, 0.25) is 0 Å². The molecule has 4 nitrogen and oxygen atoms in total. The van der Waals surface area contributed by atoms with Crippen molar-refractivity contribution in [3.63, 3.8) is 0 Å². The Bertz CT molecular complexity index is 721. The summed E-state index contributed by atoms with van der Waals surface area (Å²) in [5, 5.41) is 14.5. The Balaban J connectivity index is 1.88. The third-order valence-corrected chi connectivity index (χ3v) is 4.76. The van der Waals surface area contributed by atoms with Crippen LogP contribution in [0.5, 0.6) is 0 Å². The van der Waals surface area contributed by atoms with Gasteiger partial charge in [-0.1, -0.05) is 39.7 Å². The van der Waals surface area contributed by atoms with Crippen LogP contribution in [0.15, 0.2) is 40.9 Å². The normalized spacial score (nSPS) is 16.6. The molecule has 1 unspecified atom stereocenters. The van der Waals surface area contributed by atoms with E-state index in [0.29, 0.717) is 5.69 Å². The lowest BCUT2D eigenvalue weighted by Gasteiger charge is -2.15. The number of rotatable bonds is 3. The Hall–Kier alpha value is -1.59. The average Bonchev–Trinajstić information content (AvgIpc) is 2.85. The van der Waals surface area contributed by atoms with Crippen LogP contribution in [0.1, 0.15) is 23.6 Å². The predicted octanol–water partition coefficient (Wildman–Crippen LogP) is 5.11. The smallest absolute Gasteiger partial charge is 0.289 e. The number of anilines is 1. The van der Waals surface area contributed by atoms with E-state index in [1.54, 1.807) is 12.1 Å². The molecule has 108 valence electrons. The number of hydrogen-bond acceptors (Lipinski definition) is 3. The number of nitrogens with zero attached hydrogens (tertiary/aromatic N) is 1. The number of halogens is 2. The summed E-state index contributed by atoms with van der Waals surface area (Å²) in [5.74, 6) is 0. The molecule has 1 atom stereocenters. The summed E-state index contributed by atoms with van der Waals surface area (Å²) in [4.78, 5) is 10.5. The lowest BCUT2D eigenvalue weighted by Crippen LogP contribution is -2.07. The first-order chi connectivity index (χ1) is 10.1. The third kappa shape index (κ3) is 2.76. The van der Waals surface area contributed by atoms with Gasteiger partial charge in [-0.15, -0.1) is 0 Å². The summed E-state index contributed by atoms with van der Waals surface area (Å²) in [5.41, 5.74) is 3.18. The molecule has 1 N–H and O–H groups in total. The fourth-order valence-electron chi connectivity index (χ4n) is 2.70.